The van der Waals surface area contributed by atoms with Gasteiger partial charge in [0.25, 0.3) is 0 Å². The van der Waals surface area contributed by atoms with Crippen molar-refractivity contribution >= 4 is 24.2 Å². The van der Waals surface area contributed by atoms with Crippen LogP contribution in [-0.4, -0.2) is 18.6 Å². The molecule has 0 unspecified atom stereocenters. The van der Waals surface area contributed by atoms with E-state index in [1.807, 2.05) is 0 Å². The van der Waals surface area contributed by atoms with Crippen molar-refractivity contribution in [3.8, 4) is 0 Å². The Morgan fingerprint density at radius 3 is 1.92 bits per heavy atom. The topological polar surface area (TPSA) is 17.1 Å². The van der Waals surface area contributed by atoms with Gasteiger partial charge in [0, 0.05) is 0 Å². The zero-order valence-corrected chi connectivity index (χ0v) is 17.1. The van der Waals surface area contributed by atoms with Gasteiger partial charge in [-0.2, -0.15) is 0 Å². The maximum absolute atomic E-state index is 10.7. The van der Waals surface area contributed by atoms with Crippen molar-refractivity contribution in [1.82, 2.24) is 0 Å². The van der Waals surface area contributed by atoms with Crippen LogP contribution in [0.1, 0.15) is 45.4 Å². The number of rotatable bonds is 12. The van der Waals surface area contributed by atoms with Gasteiger partial charge in [-0.25, -0.2) is 0 Å². The van der Waals surface area contributed by atoms with E-state index in [0.717, 1.165) is 25.3 Å². The van der Waals surface area contributed by atoms with Gasteiger partial charge in [0.2, 0.25) is 0 Å². The van der Waals surface area contributed by atoms with E-state index in [1.54, 1.807) is 0 Å². The quantitative estimate of drug-likeness (QED) is 0.209. The molecule has 2 heteroatoms. The summed E-state index contributed by atoms with van der Waals surface area (Å²) in [5, 5.41) is 3.02. The molecule has 2 aromatic rings. The molecule has 0 spiro atoms. The van der Waals surface area contributed by atoms with Crippen molar-refractivity contribution in [3.63, 3.8) is 0 Å². The SMILES string of the molecule is CCCC/C=C\C[PH](CCCCC=O)(c1ccccc1)c1ccccc1. The van der Waals surface area contributed by atoms with E-state index in [1.165, 1.54) is 36.0 Å². The average Bonchev–Trinajstić information content (AvgIpc) is 2.71. The van der Waals surface area contributed by atoms with Crippen molar-refractivity contribution in [2.24, 2.45) is 0 Å². The van der Waals surface area contributed by atoms with Gasteiger partial charge >= 0.3 is 160 Å². The normalized spacial score (nSPS) is 12.3. The first-order chi connectivity index (χ1) is 12.8. The van der Waals surface area contributed by atoms with Crippen LogP contribution in [0.5, 0.6) is 0 Å². The summed E-state index contributed by atoms with van der Waals surface area (Å²) in [6.07, 6.45) is 14.7. The average molecular weight is 369 g/mol. The minimum absolute atomic E-state index is 0.681. The second kappa shape index (κ2) is 11.8. The van der Waals surface area contributed by atoms with Crippen molar-refractivity contribution in [2.45, 2.75) is 45.4 Å². The summed E-state index contributed by atoms with van der Waals surface area (Å²) in [6, 6.07) is 22.2. The third kappa shape index (κ3) is 5.92. The fourth-order valence-corrected chi connectivity index (χ4v) is 8.36. The monoisotopic (exact) mass is 368 g/mol. The zero-order valence-electron chi connectivity index (χ0n) is 16.1. The predicted octanol–water partition coefficient (Wildman–Crippen LogP) is 5.50. The summed E-state index contributed by atoms with van der Waals surface area (Å²) in [5.41, 5.74) is 0. The Bertz CT molecular complexity index is 609. The Hall–Kier alpha value is -1.72. The Morgan fingerprint density at radius 2 is 1.38 bits per heavy atom. The molecule has 0 radical (unpaired) electrons. The van der Waals surface area contributed by atoms with Gasteiger partial charge in [-0.05, 0) is 0 Å². The van der Waals surface area contributed by atoms with Crippen LogP contribution < -0.4 is 10.6 Å². The Morgan fingerprint density at radius 1 is 0.769 bits per heavy atom. The second-order valence-corrected chi connectivity index (χ2v) is 11.3. The van der Waals surface area contributed by atoms with E-state index in [2.05, 4.69) is 79.7 Å². The molecule has 0 N–H and O–H groups in total. The number of unbranched alkanes of at least 4 members (excludes halogenated alkanes) is 4. The molecule has 0 bridgehead atoms. The van der Waals surface area contributed by atoms with Crippen LogP contribution in [-0.2, 0) is 4.79 Å². The summed E-state index contributed by atoms with van der Waals surface area (Å²) in [6.45, 7) is 2.24. The molecule has 2 rings (SSSR count). The molecule has 0 aliphatic carbocycles. The van der Waals surface area contributed by atoms with E-state index in [-0.39, 0.29) is 0 Å². The van der Waals surface area contributed by atoms with E-state index in [0.29, 0.717) is 6.42 Å². The van der Waals surface area contributed by atoms with Crippen molar-refractivity contribution in [3.05, 3.63) is 72.8 Å². The molecular formula is C24H33OP. The molecule has 26 heavy (non-hydrogen) atoms. The predicted molar refractivity (Wildman–Crippen MR) is 119 cm³/mol. The third-order valence-electron chi connectivity index (χ3n) is 5.19. The molecular weight excluding hydrogens is 335 g/mol. The van der Waals surface area contributed by atoms with Crippen LogP contribution >= 0.6 is 7.26 Å². The van der Waals surface area contributed by atoms with Gasteiger partial charge in [0.15, 0.2) is 0 Å². The minimum atomic E-state index is -1.86. The summed E-state index contributed by atoms with van der Waals surface area (Å²) in [4.78, 5) is 10.7. The molecule has 0 fully saturated rings. The van der Waals surface area contributed by atoms with Crippen LogP contribution in [0.15, 0.2) is 72.8 Å². The molecule has 1 nitrogen and oxygen atoms in total. The number of carbonyl (C=O) groups is 1. The first-order valence-electron chi connectivity index (χ1n) is 10.0. The molecule has 0 atom stereocenters. The number of benzene rings is 2. The summed E-state index contributed by atoms with van der Waals surface area (Å²) >= 11 is 0. The molecule has 0 saturated carbocycles. The van der Waals surface area contributed by atoms with Gasteiger partial charge in [0.05, 0.1) is 0 Å². The fraction of sp³-hybridized carbons (Fsp3) is 0.375. The Labute approximate surface area is 159 Å². The molecule has 0 saturated heterocycles. The first-order valence-corrected chi connectivity index (χ1v) is 12.4. The van der Waals surface area contributed by atoms with Crippen LogP contribution in [0.3, 0.4) is 0 Å². The summed E-state index contributed by atoms with van der Waals surface area (Å²) in [7, 11) is -1.86. The molecule has 0 aliphatic heterocycles. The van der Waals surface area contributed by atoms with Crippen molar-refractivity contribution < 1.29 is 4.79 Å². The zero-order chi connectivity index (χ0) is 18.5. The van der Waals surface area contributed by atoms with E-state index < -0.39 is 7.26 Å². The van der Waals surface area contributed by atoms with Gasteiger partial charge in [-0.3, -0.25) is 0 Å². The Kier molecular flexibility index (Phi) is 9.35. The van der Waals surface area contributed by atoms with Gasteiger partial charge in [-0.1, -0.05) is 0 Å². The van der Waals surface area contributed by atoms with Crippen LogP contribution in [0, 0.1) is 0 Å². The Balaban J connectivity index is 2.34. The van der Waals surface area contributed by atoms with E-state index in [4.69, 9.17) is 0 Å². The summed E-state index contributed by atoms with van der Waals surface area (Å²) < 4.78 is 0. The fourth-order valence-electron chi connectivity index (χ4n) is 3.69. The first kappa shape index (κ1) is 20.6. The molecule has 0 aliphatic rings. The number of aldehydes is 1. The van der Waals surface area contributed by atoms with Crippen molar-refractivity contribution in [1.29, 1.82) is 0 Å². The van der Waals surface area contributed by atoms with Crippen LogP contribution in [0.25, 0.3) is 0 Å². The van der Waals surface area contributed by atoms with E-state index >= 15 is 0 Å². The second-order valence-electron chi connectivity index (χ2n) is 7.04. The standard InChI is InChI=1S/C24H33OP/c1-2-3-4-5-14-21-26(22-15-8-13-20-25,23-16-9-6-10-17-23)24-18-11-7-12-19-24/h5-7,9-12,14,16-20,26H,2-4,8,13,15,21-22H2,1H3/b14-5-. The molecule has 140 valence electrons. The molecule has 0 aromatic heterocycles. The number of carbonyl (C=O) groups excluding carboxylic acids is 1. The molecule has 2 aromatic carbocycles. The van der Waals surface area contributed by atoms with Crippen LogP contribution in [0.4, 0.5) is 0 Å². The van der Waals surface area contributed by atoms with Gasteiger partial charge in [-0.15, -0.1) is 0 Å². The number of hydrogen-bond donors (Lipinski definition) is 0. The van der Waals surface area contributed by atoms with Gasteiger partial charge < -0.3 is 0 Å². The number of allylic oxidation sites excluding steroid dienone is 2. The van der Waals surface area contributed by atoms with E-state index in [9.17, 15) is 4.79 Å². The van der Waals surface area contributed by atoms with Crippen LogP contribution in [0.2, 0.25) is 0 Å². The summed E-state index contributed by atoms with van der Waals surface area (Å²) in [5.74, 6) is 0. The number of hydrogen-bond acceptors (Lipinski definition) is 1. The third-order valence-corrected chi connectivity index (χ3v) is 10.2. The van der Waals surface area contributed by atoms with Gasteiger partial charge in [0.1, 0.15) is 0 Å². The van der Waals surface area contributed by atoms with Crippen molar-refractivity contribution in [2.75, 3.05) is 12.3 Å². The molecule has 0 heterocycles. The maximum atomic E-state index is 10.7. The molecule has 0 amide bonds.